The van der Waals surface area contributed by atoms with Gasteiger partial charge in [-0.25, -0.2) is 4.79 Å². The van der Waals surface area contributed by atoms with Crippen LogP contribution in [0.3, 0.4) is 0 Å². The van der Waals surface area contributed by atoms with Crippen molar-refractivity contribution in [2.24, 2.45) is 5.92 Å². The second kappa shape index (κ2) is 12.2. The second-order valence-corrected chi connectivity index (χ2v) is 10.1. The molecule has 2 aliphatic rings. The number of aliphatic carboxylic acids is 1. The van der Waals surface area contributed by atoms with E-state index in [-0.39, 0.29) is 25.7 Å². The van der Waals surface area contributed by atoms with Crippen LogP contribution in [0, 0.1) is 5.92 Å². The summed E-state index contributed by atoms with van der Waals surface area (Å²) in [6.07, 6.45) is -1.68. The highest BCUT2D eigenvalue weighted by Crippen LogP contribution is 2.44. The van der Waals surface area contributed by atoms with E-state index in [0.29, 0.717) is 0 Å². The molecule has 4 N–H and O–H groups in total. The predicted molar refractivity (Wildman–Crippen MR) is 149 cm³/mol. The van der Waals surface area contributed by atoms with Gasteiger partial charge in [0.25, 0.3) is 0 Å². The maximum atomic E-state index is 13.4. The molecule has 0 saturated carbocycles. The van der Waals surface area contributed by atoms with E-state index in [1.807, 2.05) is 78.9 Å². The van der Waals surface area contributed by atoms with E-state index in [4.69, 9.17) is 9.47 Å². The Kier molecular flexibility index (Phi) is 8.30. The van der Waals surface area contributed by atoms with E-state index in [1.165, 1.54) is 0 Å². The summed E-state index contributed by atoms with van der Waals surface area (Å²) in [5.74, 6) is -3.90. The normalized spacial score (nSPS) is 18.9. The standard InChI is InChI=1S/C31H31N3O7/c1-18(40-16-19-9-3-2-4-10-19)26(29(36)33-27-24(30(37)38)15-32-28(27)35)34-31(39)41-17-25-22-13-7-5-11-20(22)21-12-6-8-14-23(21)25/h2-14,18,24-27H,15-17H2,1H3,(H,32,35)(H,33,36)(H,34,39)(H,37,38). The quantitative estimate of drug-likeness (QED) is 0.300. The molecule has 1 aliphatic heterocycles. The minimum Gasteiger partial charge on any atom is -0.481 e. The minimum absolute atomic E-state index is 0.0412. The summed E-state index contributed by atoms with van der Waals surface area (Å²) in [4.78, 5) is 50.3. The average Bonchev–Trinajstić information content (AvgIpc) is 3.51. The highest BCUT2D eigenvalue weighted by molar-refractivity contribution is 5.96. The van der Waals surface area contributed by atoms with Crippen molar-refractivity contribution in [3.05, 3.63) is 95.6 Å². The number of carbonyl (C=O) groups is 4. The SMILES string of the molecule is CC(OCc1ccccc1)C(NC(=O)OCC1c2ccccc2-c2ccccc21)C(=O)NC1C(=O)NCC1C(=O)O. The Morgan fingerprint density at radius 1 is 0.951 bits per heavy atom. The van der Waals surface area contributed by atoms with Crippen molar-refractivity contribution >= 4 is 23.9 Å². The van der Waals surface area contributed by atoms with E-state index in [0.717, 1.165) is 27.8 Å². The third-order valence-electron chi connectivity index (χ3n) is 7.52. The zero-order chi connectivity index (χ0) is 28.9. The van der Waals surface area contributed by atoms with Crippen molar-refractivity contribution in [2.75, 3.05) is 13.2 Å². The molecule has 0 aromatic heterocycles. The molecule has 4 atom stereocenters. The molecule has 3 aromatic rings. The maximum Gasteiger partial charge on any atom is 0.407 e. The van der Waals surface area contributed by atoms with Gasteiger partial charge in [0.2, 0.25) is 11.8 Å². The molecular formula is C31H31N3O7. The van der Waals surface area contributed by atoms with Crippen LogP contribution in [0.15, 0.2) is 78.9 Å². The van der Waals surface area contributed by atoms with Crippen LogP contribution in [0.4, 0.5) is 4.79 Å². The molecule has 1 fully saturated rings. The van der Waals surface area contributed by atoms with Gasteiger partial charge in [-0.15, -0.1) is 0 Å². The van der Waals surface area contributed by atoms with E-state index in [1.54, 1.807) is 6.92 Å². The number of hydrogen-bond donors (Lipinski definition) is 4. The number of benzene rings is 3. The minimum atomic E-state index is -1.28. The maximum absolute atomic E-state index is 13.4. The molecule has 3 amide bonds. The molecule has 1 aliphatic carbocycles. The van der Waals surface area contributed by atoms with Crippen LogP contribution in [-0.2, 0) is 30.5 Å². The fourth-order valence-electron chi connectivity index (χ4n) is 5.32. The fourth-order valence-corrected chi connectivity index (χ4v) is 5.32. The number of carboxylic acid groups (broad SMARTS) is 1. The third-order valence-corrected chi connectivity index (χ3v) is 7.52. The smallest absolute Gasteiger partial charge is 0.407 e. The Balaban J connectivity index is 1.29. The van der Waals surface area contributed by atoms with Crippen LogP contribution in [0.25, 0.3) is 11.1 Å². The lowest BCUT2D eigenvalue weighted by Gasteiger charge is -2.26. The number of hydrogen-bond acceptors (Lipinski definition) is 6. The van der Waals surface area contributed by atoms with Crippen molar-refractivity contribution in [1.82, 2.24) is 16.0 Å². The molecular weight excluding hydrogens is 526 g/mol. The molecule has 0 spiro atoms. The first kappa shape index (κ1) is 27.9. The van der Waals surface area contributed by atoms with Crippen molar-refractivity contribution in [3.8, 4) is 11.1 Å². The third kappa shape index (κ3) is 6.07. The number of amides is 3. The van der Waals surface area contributed by atoms with Gasteiger partial charge in [0.1, 0.15) is 24.6 Å². The summed E-state index contributed by atoms with van der Waals surface area (Å²) in [6.45, 7) is 1.71. The lowest BCUT2D eigenvalue weighted by atomic mass is 9.98. The van der Waals surface area contributed by atoms with Crippen molar-refractivity contribution < 1.29 is 33.8 Å². The topological polar surface area (TPSA) is 143 Å². The molecule has 3 aromatic carbocycles. The van der Waals surface area contributed by atoms with Gasteiger partial charge in [-0.05, 0) is 34.7 Å². The summed E-state index contributed by atoms with van der Waals surface area (Å²) in [5.41, 5.74) is 5.12. The highest BCUT2D eigenvalue weighted by Gasteiger charge is 2.42. The van der Waals surface area contributed by atoms with E-state index < -0.39 is 48.0 Å². The van der Waals surface area contributed by atoms with Gasteiger partial charge >= 0.3 is 12.1 Å². The van der Waals surface area contributed by atoms with Crippen LogP contribution < -0.4 is 16.0 Å². The van der Waals surface area contributed by atoms with Crippen molar-refractivity contribution in [3.63, 3.8) is 0 Å². The largest absolute Gasteiger partial charge is 0.481 e. The molecule has 41 heavy (non-hydrogen) atoms. The first-order valence-electron chi connectivity index (χ1n) is 13.4. The Morgan fingerprint density at radius 2 is 1.56 bits per heavy atom. The van der Waals surface area contributed by atoms with Gasteiger partial charge < -0.3 is 30.5 Å². The Hall–Kier alpha value is -4.70. The molecule has 212 valence electrons. The summed E-state index contributed by atoms with van der Waals surface area (Å²) in [6, 6.07) is 22.6. The van der Waals surface area contributed by atoms with Crippen LogP contribution in [0.2, 0.25) is 0 Å². The number of nitrogens with one attached hydrogen (secondary N) is 3. The number of alkyl carbamates (subject to hydrolysis) is 1. The molecule has 10 nitrogen and oxygen atoms in total. The number of carboxylic acids is 1. The van der Waals surface area contributed by atoms with Crippen LogP contribution in [-0.4, -0.2) is 60.3 Å². The van der Waals surface area contributed by atoms with Gasteiger partial charge in [0, 0.05) is 12.5 Å². The molecule has 0 radical (unpaired) electrons. The fraction of sp³-hybridized carbons (Fsp3) is 0.290. The Bertz CT molecular complexity index is 1400. The summed E-state index contributed by atoms with van der Waals surface area (Å²) in [5, 5.41) is 17.0. The molecule has 10 heteroatoms. The lowest BCUT2D eigenvalue weighted by molar-refractivity contribution is -0.143. The highest BCUT2D eigenvalue weighted by atomic mass is 16.5. The molecule has 5 rings (SSSR count). The lowest BCUT2D eigenvalue weighted by Crippen LogP contribution is -2.57. The number of rotatable bonds is 10. The van der Waals surface area contributed by atoms with Crippen LogP contribution in [0.5, 0.6) is 0 Å². The number of ether oxygens (including phenoxy) is 2. The predicted octanol–water partition coefficient (Wildman–Crippen LogP) is 2.81. The van der Waals surface area contributed by atoms with Gasteiger partial charge in [0.05, 0.1) is 12.7 Å². The van der Waals surface area contributed by atoms with Gasteiger partial charge in [-0.1, -0.05) is 78.9 Å². The molecule has 4 unspecified atom stereocenters. The first-order valence-corrected chi connectivity index (χ1v) is 13.4. The monoisotopic (exact) mass is 557 g/mol. The zero-order valence-corrected chi connectivity index (χ0v) is 22.4. The van der Waals surface area contributed by atoms with Crippen molar-refractivity contribution in [2.45, 2.75) is 37.6 Å². The first-order chi connectivity index (χ1) is 19.8. The summed E-state index contributed by atoms with van der Waals surface area (Å²) >= 11 is 0. The second-order valence-electron chi connectivity index (χ2n) is 10.1. The summed E-state index contributed by atoms with van der Waals surface area (Å²) < 4.78 is 11.5. The van der Waals surface area contributed by atoms with Crippen LogP contribution in [0.1, 0.15) is 29.5 Å². The molecule has 1 saturated heterocycles. The Morgan fingerprint density at radius 3 is 2.20 bits per heavy atom. The van der Waals surface area contributed by atoms with Crippen LogP contribution >= 0.6 is 0 Å². The van der Waals surface area contributed by atoms with E-state index >= 15 is 0 Å². The molecule has 1 heterocycles. The van der Waals surface area contributed by atoms with Gasteiger partial charge in [-0.3, -0.25) is 14.4 Å². The van der Waals surface area contributed by atoms with Gasteiger partial charge in [0.15, 0.2) is 0 Å². The number of carbonyl (C=O) groups excluding carboxylic acids is 3. The van der Waals surface area contributed by atoms with E-state index in [9.17, 15) is 24.3 Å². The zero-order valence-electron chi connectivity index (χ0n) is 22.4. The number of fused-ring (bicyclic) bond motifs is 3. The van der Waals surface area contributed by atoms with Gasteiger partial charge in [-0.2, -0.15) is 0 Å². The van der Waals surface area contributed by atoms with E-state index in [2.05, 4.69) is 16.0 Å². The molecule has 0 bridgehead atoms. The van der Waals surface area contributed by atoms with Crippen molar-refractivity contribution in [1.29, 1.82) is 0 Å². The Labute approximate surface area is 237 Å². The average molecular weight is 558 g/mol. The summed E-state index contributed by atoms with van der Waals surface area (Å²) in [7, 11) is 0.